The van der Waals surface area contributed by atoms with E-state index in [4.69, 9.17) is 4.74 Å². The summed E-state index contributed by atoms with van der Waals surface area (Å²) in [6.45, 7) is 0. The summed E-state index contributed by atoms with van der Waals surface area (Å²) in [5, 5.41) is 0. The predicted molar refractivity (Wildman–Crippen MR) is 115 cm³/mol. The molecule has 0 aromatic heterocycles. The third-order valence-corrected chi connectivity index (χ3v) is 4.89. The van der Waals surface area contributed by atoms with Crippen molar-refractivity contribution in [3.63, 3.8) is 0 Å². The summed E-state index contributed by atoms with van der Waals surface area (Å²) in [5.41, 5.74) is 6.23. The Morgan fingerprint density at radius 1 is 0.667 bits per heavy atom. The van der Waals surface area contributed by atoms with Crippen LogP contribution in [0.2, 0.25) is 0 Å². The first-order valence-electron chi connectivity index (χ1n) is 9.19. The molecule has 0 N–H and O–H groups in total. The first-order chi connectivity index (χ1) is 13.0. The van der Waals surface area contributed by atoms with Gasteiger partial charge in [-0.15, -0.1) is 0 Å². The van der Waals surface area contributed by atoms with Gasteiger partial charge < -0.3 is 14.5 Å². The molecule has 0 aliphatic rings. The summed E-state index contributed by atoms with van der Waals surface area (Å²) in [4.78, 5) is 4.34. The molecule has 0 bridgehead atoms. The van der Waals surface area contributed by atoms with Crippen molar-refractivity contribution in [1.82, 2.24) is 0 Å². The maximum Gasteiger partial charge on any atom is 0.120 e. The Hall–Kier alpha value is -2.94. The molecule has 0 aliphatic carbocycles. The summed E-state index contributed by atoms with van der Waals surface area (Å²) in [6.07, 6.45) is 0. The zero-order valence-electron chi connectivity index (χ0n) is 16.8. The number of hydrogen-bond acceptors (Lipinski definition) is 3. The summed E-state index contributed by atoms with van der Waals surface area (Å²) in [5.74, 6) is 1.00. The zero-order valence-corrected chi connectivity index (χ0v) is 16.8. The summed E-state index contributed by atoms with van der Waals surface area (Å²) < 4.78 is 5.48. The molecule has 27 heavy (non-hydrogen) atoms. The Kier molecular flexibility index (Phi) is 5.70. The minimum Gasteiger partial charge on any atom is -0.497 e. The van der Waals surface area contributed by atoms with Gasteiger partial charge in [-0.1, -0.05) is 54.6 Å². The maximum atomic E-state index is 5.48. The van der Waals surface area contributed by atoms with Gasteiger partial charge in [0.25, 0.3) is 0 Å². The van der Waals surface area contributed by atoms with E-state index in [0.717, 1.165) is 11.4 Å². The van der Waals surface area contributed by atoms with Crippen LogP contribution in [0.5, 0.6) is 5.75 Å². The molecule has 3 heteroatoms. The van der Waals surface area contributed by atoms with Gasteiger partial charge >= 0.3 is 0 Å². The van der Waals surface area contributed by atoms with E-state index in [2.05, 4.69) is 111 Å². The molecule has 3 rings (SSSR count). The highest BCUT2D eigenvalue weighted by atomic mass is 16.5. The van der Waals surface area contributed by atoms with Gasteiger partial charge in [-0.05, 0) is 28.8 Å². The fourth-order valence-corrected chi connectivity index (χ4v) is 3.59. The summed E-state index contributed by atoms with van der Waals surface area (Å²) in [7, 11) is 10.1. The highest BCUT2D eigenvalue weighted by Crippen LogP contribution is 2.41. The standard InChI is InChI=1S/C24H28N2O/c1-25(2)22-14-10-9-13-20(22)24(18-11-7-6-8-12-18)21-16-15-19(27-5)17-23(21)26(3)4/h6-17,24H,1-5H3. The highest BCUT2D eigenvalue weighted by molar-refractivity contribution is 5.66. The number of anilines is 2. The van der Waals surface area contributed by atoms with Crippen LogP contribution < -0.4 is 14.5 Å². The zero-order chi connectivity index (χ0) is 19.4. The Morgan fingerprint density at radius 3 is 1.89 bits per heavy atom. The van der Waals surface area contributed by atoms with Crippen LogP contribution in [0.15, 0.2) is 72.8 Å². The molecule has 0 fully saturated rings. The molecule has 0 amide bonds. The van der Waals surface area contributed by atoms with Crippen LogP contribution in [0.1, 0.15) is 22.6 Å². The van der Waals surface area contributed by atoms with Crippen LogP contribution in [0.3, 0.4) is 0 Å². The normalized spacial score (nSPS) is 11.7. The predicted octanol–water partition coefficient (Wildman–Crippen LogP) is 5.01. The van der Waals surface area contributed by atoms with Gasteiger partial charge in [-0.2, -0.15) is 0 Å². The molecular formula is C24H28N2O. The molecule has 0 saturated heterocycles. The molecule has 140 valence electrons. The number of benzene rings is 3. The Balaban J connectivity index is 2.28. The fourth-order valence-electron chi connectivity index (χ4n) is 3.59. The number of nitrogens with zero attached hydrogens (tertiary/aromatic N) is 2. The molecule has 3 nitrogen and oxygen atoms in total. The van der Waals surface area contributed by atoms with Crippen molar-refractivity contribution in [2.75, 3.05) is 45.1 Å². The first-order valence-corrected chi connectivity index (χ1v) is 9.19. The third-order valence-electron chi connectivity index (χ3n) is 4.89. The van der Waals surface area contributed by atoms with Crippen LogP contribution in [0.25, 0.3) is 0 Å². The van der Waals surface area contributed by atoms with Crippen LogP contribution >= 0.6 is 0 Å². The highest BCUT2D eigenvalue weighted by Gasteiger charge is 2.24. The lowest BCUT2D eigenvalue weighted by Crippen LogP contribution is -2.17. The first kappa shape index (κ1) is 18.8. The Bertz CT molecular complexity index is 888. The number of rotatable bonds is 6. The molecule has 0 saturated carbocycles. The SMILES string of the molecule is COc1ccc(C(c2ccccc2)c2ccccc2N(C)C)c(N(C)C)c1. The number of methoxy groups -OCH3 is 1. The van der Waals surface area contributed by atoms with Gasteiger partial charge in [0, 0.05) is 51.5 Å². The van der Waals surface area contributed by atoms with E-state index in [9.17, 15) is 0 Å². The number of para-hydroxylation sites is 1. The van der Waals surface area contributed by atoms with Crippen LogP contribution in [0.4, 0.5) is 11.4 Å². The molecule has 1 atom stereocenters. The molecule has 3 aromatic rings. The average Bonchev–Trinajstić information content (AvgIpc) is 2.69. The van der Waals surface area contributed by atoms with Crippen molar-refractivity contribution >= 4 is 11.4 Å². The van der Waals surface area contributed by atoms with Gasteiger partial charge in [0.2, 0.25) is 0 Å². The average molecular weight is 361 g/mol. The number of ether oxygens (including phenoxy) is 1. The van der Waals surface area contributed by atoms with Gasteiger partial charge in [-0.3, -0.25) is 0 Å². The van der Waals surface area contributed by atoms with Crippen molar-refractivity contribution in [3.05, 3.63) is 89.5 Å². The minimum atomic E-state index is 0.133. The van der Waals surface area contributed by atoms with E-state index < -0.39 is 0 Å². The van der Waals surface area contributed by atoms with E-state index in [1.807, 2.05) is 0 Å². The van der Waals surface area contributed by atoms with Crippen molar-refractivity contribution in [1.29, 1.82) is 0 Å². The molecule has 0 heterocycles. The largest absolute Gasteiger partial charge is 0.497 e. The van der Waals surface area contributed by atoms with Crippen molar-refractivity contribution < 1.29 is 4.74 Å². The Morgan fingerprint density at radius 2 is 1.26 bits per heavy atom. The van der Waals surface area contributed by atoms with Crippen LogP contribution in [-0.4, -0.2) is 35.3 Å². The lowest BCUT2D eigenvalue weighted by atomic mass is 9.83. The van der Waals surface area contributed by atoms with E-state index >= 15 is 0 Å². The molecule has 3 aromatic carbocycles. The monoisotopic (exact) mass is 360 g/mol. The maximum absolute atomic E-state index is 5.48. The van der Waals surface area contributed by atoms with E-state index in [1.165, 1.54) is 22.4 Å². The Labute approximate surface area is 162 Å². The third kappa shape index (κ3) is 3.92. The second kappa shape index (κ2) is 8.17. The summed E-state index contributed by atoms with van der Waals surface area (Å²) >= 11 is 0. The number of hydrogen-bond donors (Lipinski definition) is 0. The molecule has 0 aliphatic heterocycles. The van der Waals surface area contributed by atoms with E-state index in [0.29, 0.717) is 0 Å². The van der Waals surface area contributed by atoms with Gasteiger partial charge in [0.1, 0.15) is 5.75 Å². The van der Waals surface area contributed by atoms with Crippen LogP contribution in [-0.2, 0) is 0 Å². The van der Waals surface area contributed by atoms with Gasteiger partial charge in [0.15, 0.2) is 0 Å². The molecule has 0 spiro atoms. The van der Waals surface area contributed by atoms with E-state index in [1.54, 1.807) is 7.11 Å². The lowest BCUT2D eigenvalue weighted by Gasteiger charge is -2.28. The topological polar surface area (TPSA) is 15.7 Å². The summed E-state index contributed by atoms with van der Waals surface area (Å²) in [6, 6.07) is 25.7. The second-order valence-electron chi connectivity index (χ2n) is 7.12. The fraction of sp³-hybridized carbons (Fsp3) is 0.250. The van der Waals surface area contributed by atoms with Crippen molar-refractivity contribution in [3.8, 4) is 5.75 Å². The van der Waals surface area contributed by atoms with E-state index in [-0.39, 0.29) is 5.92 Å². The van der Waals surface area contributed by atoms with Gasteiger partial charge in [0.05, 0.1) is 7.11 Å². The quantitative estimate of drug-likeness (QED) is 0.575. The van der Waals surface area contributed by atoms with Gasteiger partial charge in [-0.25, -0.2) is 0 Å². The minimum absolute atomic E-state index is 0.133. The smallest absolute Gasteiger partial charge is 0.120 e. The van der Waals surface area contributed by atoms with Crippen molar-refractivity contribution in [2.45, 2.75) is 5.92 Å². The second-order valence-corrected chi connectivity index (χ2v) is 7.12. The lowest BCUT2D eigenvalue weighted by molar-refractivity contribution is 0.414. The van der Waals surface area contributed by atoms with Crippen LogP contribution in [0, 0.1) is 0 Å². The molecule has 1 unspecified atom stereocenters. The molecular weight excluding hydrogens is 332 g/mol. The molecule has 0 radical (unpaired) electrons. The van der Waals surface area contributed by atoms with Crippen molar-refractivity contribution in [2.24, 2.45) is 0 Å².